The van der Waals surface area contributed by atoms with Crippen LogP contribution in [0.3, 0.4) is 0 Å². The maximum absolute atomic E-state index is 12.4. The number of para-hydroxylation sites is 1. The van der Waals surface area contributed by atoms with Crippen LogP contribution in [0.1, 0.15) is 0 Å². The zero-order valence-electron chi connectivity index (χ0n) is 10.6. The Labute approximate surface area is 104 Å². The Hall–Kier alpha value is -2.30. The molecule has 0 bridgehead atoms. The third-order valence-electron chi connectivity index (χ3n) is 3.32. The van der Waals surface area contributed by atoms with Gasteiger partial charge in [-0.1, -0.05) is 18.2 Å². The molecule has 0 saturated heterocycles. The molecule has 0 aliphatic heterocycles. The van der Waals surface area contributed by atoms with Crippen molar-refractivity contribution in [3.8, 4) is 0 Å². The molecule has 0 aliphatic carbocycles. The molecule has 0 saturated carbocycles. The summed E-state index contributed by atoms with van der Waals surface area (Å²) in [6.07, 6.45) is 0. The molecule has 1 aromatic carbocycles. The SMILES string of the molecule is CNc1nn(C)c2c1c(=O)n(C)c1ccccc21. The minimum atomic E-state index is -0.0267. The normalized spacial score (nSPS) is 11.3. The third-order valence-corrected chi connectivity index (χ3v) is 3.32. The van der Waals surface area contributed by atoms with Gasteiger partial charge in [-0.25, -0.2) is 0 Å². The van der Waals surface area contributed by atoms with Crippen molar-refractivity contribution in [2.24, 2.45) is 14.1 Å². The van der Waals surface area contributed by atoms with Gasteiger partial charge in [-0.15, -0.1) is 0 Å². The number of anilines is 1. The number of rotatable bonds is 1. The summed E-state index contributed by atoms with van der Waals surface area (Å²) in [7, 11) is 5.42. The molecule has 3 rings (SSSR count). The fraction of sp³-hybridized carbons (Fsp3) is 0.231. The average Bonchev–Trinajstić information content (AvgIpc) is 2.73. The lowest BCUT2D eigenvalue weighted by Crippen LogP contribution is -2.17. The van der Waals surface area contributed by atoms with Gasteiger partial charge in [0.15, 0.2) is 5.82 Å². The van der Waals surface area contributed by atoms with Gasteiger partial charge in [-0.3, -0.25) is 9.48 Å². The number of aromatic nitrogens is 3. The summed E-state index contributed by atoms with van der Waals surface area (Å²) >= 11 is 0. The van der Waals surface area contributed by atoms with E-state index in [0.717, 1.165) is 16.4 Å². The Morgan fingerprint density at radius 1 is 1.22 bits per heavy atom. The van der Waals surface area contributed by atoms with Crippen LogP contribution in [0.25, 0.3) is 21.8 Å². The van der Waals surface area contributed by atoms with Crippen molar-refractivity contribution in [3.63, 3.8) is 0 Å². The molecule has 0 radical (unpaired) electrons. The van der Waals surface area contributed by atoms with E-state index in [1.165, 1.54) is 0 Å². The molecule has 5 nitrogen and oxygen atoms in total. The van der Waals surface area contributed by atoms with Crippen LogP contribution in [0.4, 0.5) is 5.82 Å². The molecule has 92 valence electrons. The maximum atomic E-state index is 12.4. The molecule has 0 aliphatic rings. The van der Waals surface area contributed by atoms with E-state index < -0.39 is 0 Å². The second kappa shape index (κ2) is 3.60. The molecule has 0 amide bonds. The molecule has 18 heavy (non-hydrogen) atoms. The highest BCUT2D eigenvalue weighted by Crippen LogP contribution is 2.25. The fourth-order valence-electron chi connectivity index (χ4n) is 2.45. The van der Waals surface area contributed by atoms with Gasteiger partial charge in [-0.2, -0.15) is 5.10 Å². The Morgan fingerprint density at radius 3 is 2.67 bits per heavy atom. The minimum absolute atomic E-state index is 0.0267. The van der Waals surface area contributed by atoms with E-state index in [2.05, 4.69) is 10.4 Å². The van der Waals surface area contributed by atoms with Crippen molar-refractivity contribution in [2.75, 3.05) is 12.4 Å². The molecular weight excluding hydrogens is 228 g/mol. The van der Waals surface area contributed by atoms with Gasteiger partial charge >= 0.3 is 0 Å². The van der Waals surface area contributed by atoms with Gasteiger partial charge < -0.3 is 9.88 Å². The van der Waals surface area contributed by atoms with Crippen LogP contribution in [0.5, 0.6) is 0 Å². The Kier molecular flexibility index (Phi) is 2.16. The molecule has 1 N–H and O–H groups in total. The predicted octanol–water partition coefficient (Wildman–Crippen LogP) is 1.47. The van der Waals surface area contributed by atoms with Crippen LogP contribution >= 0.6 is 0 Å². The van der Waals surface area contributed by atoms with E-state index in [1.54, 1.807) is 23.3 Å². The molecule has 0 fully saturated rings. The van der Waals surface area contributed by atoms with Gasteiger partial charge in [0.1, 0.15) is 5.39 Å². The summed E-state index contributed by atoms with van der Waals surface area (Å²) < 4.78 is 3.42. The molecule has 0 spiro atoms. The summed E-state index contributed by atoms with van der Waals surface area (Å²) in [6.45, 7) is 0. The second-order valence-corrected chi connectivity index (χ2v) is 4.33. The monoisotopic (exact) mass is 242 g/mol. The highest BCUT2D eigenvalue weighted by atomic mass is 16.1. The molecule has 0 atom stereocenters. The lowest BCUT2D eigenvalue weighted by atomic mass is 10.1. The van der Waals surface area contributed by atoms with Crippen molar-refractivity contribution in [1.82, 2.24) is 14.3 Å². The highest BCUT2D eigenvalue weighted by Gasteiger charge is 2.16. The first-order valence-corrected chi connectivity index (χ1v) is 5.77. The van der Waals surface area contributed by atoms with E-state index in [0.29, 0.717) is 11.2 Å². The predicted molar refractivity (Wildman–Crippen MR) is 73.0 cm³/mol. The molecule has 0 unspecified atom stereocenters. The maximum Gasteiger partial charge on any atom is 0.264 e. The van der Waals surface area contributed by atoms with Crippen molar-refractivity contribution in [1.29, 1.82) is 0 Å². The van der Waals surface area contributed by atoms with Crippen molar-refractivity contribution >= 4 is 27.6 Å². The average molecular weight is 242 g/mol. The van der Waals surface area contributed by atoms with Crippen molar-refractivity contribution in [2.45, 2.75) is 0 Å². The van der Waals surface area contributed by atoms with E-state index in [9.17, 15) is 4.79 Å². The number of nitrogens with zero attached hydrogens (tertiary/aromatic N) is 3. The topological polar surface area (TPSA) is 51.9 Å². The molecule has 2 aromatic heterocycles. The number of pyridine rings is 1. The van der Waals surface area contributed by atoms with E-state index in [4.69, 9.17) is 0 Å². The second-order valence-electron chi connectivity index (χ2n) is 4.33. The smallest absolute Gasteiger partial charge is 0.264 e. The lowest BCUT2D eigenvalue weighted by Gasteiger charge is -2.06. The first kappa shape index (κ1) is 10.8. The van der Waals surface area contributed by atoms with Crippen LogP contribution in [0.15, 0.2) is 29.1 Å². The fourth-order valence-corrected chi connectivity index (χ4v) is 2.45. The molecule has 5 heteroatoms. The third kappa shape index (κ3) is 1.21. The number of fused-ring (bicyclic) bond motifs is 3. The molecule has 3 aromatic rings. The lowest BCUT2D eigenvalue weighted by molar-refractivity contribution is 0.802. The zero-order chi connectivity index (χ0) is 12.9. The van der Waals surface area contributed by atoms with Gasteiger partial charge in [0.2, 0.25) is 0 Å². The van der Waals surface area contributed by atoms with Gasteiger partial charge in [0, 0.05) is 26.5 Å². The standard InChI is InChI=1S/C13H14N4O/c1-14-12-10-11(17(3)15-12)8-6-4-5-7-9(8)16(2)13(10)18/h4-7H,1-3H3,(H,14,15). The minimum Gasteiger partial charge on any atom is -0.371 e. The summed E-state index contributed by atoms with van der Waals surface area (Å²) in [6, 6.07) is 7.86. The number of aryl methyl sites for hydroxylation is 2. The van der Waals surface area contributed by atoms with Gasteiger partial charge in [0.05, 0.1) is 11.0 Å². The summed E-state index contributed by atoms with van der Waals surface area (Å²) in [5.74, 6) is 0.624. The largest absolute Gasteiger partial charge is 0.371 e. The Balaban J connectivity index is 2.71. The zero-order valence-corrected chi connectivity index (χ0v) is 10.6. The van der Waals surface area contributed by atoms with E-state index in [-0.39, 0.29) is 5.56 Å². The van der Waals surface area contributed by atoms with Crippen LogP contribution in [-0.2, 0) is 14.1 Å². The van der Waals surface area contributed by atoms with Crippen molar-refractivity contribution < 1.29 is 0 Å². The highest BCUT2D eigenvalue weighted by molar-refractivity contribution is 6.07. The van der Waals surface area contributed by atoms with Crippen LogP contribution in [0, 0.1) is 0 Å². The first-order chi connectivity index (χ1) is 8.65. The van der Waals surface area contributed by atoms with E-state index >= 15 is 0 Å². The Bertz CT molecular complexity index is 813. The van der Waals surface area contributed by atoms with E-state index in [1.807, 2.05) is 31.3 Å². The Morgan fingerprint density at radius 2 is 1.94 bits per heavy atom. The molecular formula is C13H14N4O. The summed E-state index contributed by atoms with van der Waals surface area (Å²) in [5, 5.41) is 9.00. The summed E-state index contributed by atoms with van der Waals surface area (Å²) in [5.41, 5.74) is 1.76. The van der Waals surface area contributed by atoms with Gasteiger partial charge in [0.25, 0.3) is 5.56 Å². The number of hydrogen-bond acceptors (Lipinski definition) is 3. The number of nitrogens with one attached hydrogen (secondary N) is 1. The number of hydrogen-bond donors (Lipinski definition) is 1. The summed E-state index contributed by atoms with van der Waals surface area (Å²) in [4.78, 5) is 12.4. The molecule has 2 heterocycles. The van der Waals surface area contributed by atoms with Crippen LogP contribution in [0.2, 0.25) is 0 Å². The van der Waals surface area contributed by atoms with Crippen LogP contribution in [-0.4, -0.2) is 21.4 Å². The van der Waals surface area contributed by atoms with Gasteiger partial charge in [-0.05, 0) is 6.07 Å². The quantitative estimate of drug-likeness (QED) is 0.703. The van der Waals surface area contributed by atoms with Crippen molar-refractivity contribution in [3.05, 3.63) is 34.6 Å². The van der Waals surface area contributed by atoms with Crippen LogP contribution < -0.4 is 10.9 Å². The first-order valence-electron chi connectivity index (χ1n) is 5.77. The number of benzene rings is 1.